The van der Waals surface area contributed by atoms with Crippen molar-refractivity contribution in [3.63, 3.8) is 0 Å². The molecule has 0 nitrogen and oxygen atoms in total. The van der Waals surface area contributed by atoms with Gasteiger partial charge in [0.15, 0.2) is 0 Å². The van der Waals surface area contributed by atoms with Gasteiger partial charge in [0.05, 0.1) is 0 Å². The van der Waals surface area contributed by atoms with Crippen LogP contribution in [0.3, 0.4) is 0 Å². The highest BCUT2D eigenvalue weighted by molar-refractivity contribution is 7.19. The molecule has 1 aliphatic rings. The normalized spacial score (nSPS) is 23.0. The zero-order valence-electron chi connectivity index (χ0n) is 8.52. The number of hydrogen-bond acceptors (Lipinski definition) is 0. The van der Waals surface area contributed by atoms with Crippen LogP contribution < -0.4 is 0 Å². The molecular formula is C10H22ClP. The predicted molar refractivity (Wildman–Crippen MR) is 62.2 cm³/mol. The van der Waals surface area contributed by atoms with Gasteiger partial charge >= 0.3 is 0 Å². The average Bonchev–Trinajstić information content (AvgIpc) is 1.87. The summed E-state index contributed by atoms with van der Waals surface area (Å²) in [5.74, 6) is 0. The second-order valence-electron chi connectivity index (χ2n) is 4.97. The van der Waals surface area contributed by atoms with Gasteiger partial charge in [0.1, 0.15) is 0 Å². The Labute approximate surface area is 85.5 Å². The van der Waals surface area contributed by atoms with Crippen LogP contribution in [0.25, 0.3) is 0 Å². The van der Waals surface area contributed by atoms with E-state index in [0.717, 1.165) is 0 Å². The van der Waals surface area contributed by atoms with Crippen molar-refractivity contribution >= 4 is 21.6 Å². The van der Waals surface area contributed by atoms with Crippen LogP contribution in [0.5, 0.6) is 0 Å². The van der Waals surface area contributed by atoms with Crippen LogP contribution in [0.15, 0.2) is 0 Å². The van der Waals surface area contributed by atoms with E-state index in [2.05, 4.69) is 30.0 Å². The monoisotopic (exact) mass is 208 g/mol. The van der Waals surface area contributed by atoms with Crippen molar-refractivity contribution < 1.29 is 0 Å². The second kappa shape index (κ2) is 4.29. The van der Waals surface area contributed by atoms with E-state index < -0.39 is 0 Å². The van der Waals surface area contributed by atoms with Gasteiger partial charge in [-0.3, -0.25) is 0 Å². The first-order valence-electron chi connectivity index (χ1n) is 4.75. The minimum Gasteiger partial charge on any atom is -0.147 e. The zero-order chi connectivity index (χ0) is 8.54. The third-order valence-corrected chi connectivity index (χ3v) is 4.68. The molecule has 1 unspecified atom stereocenters. The van der Waals surface area contributed by atoms with Gasteiger partial charge in [-0.15, -0.1) is 21.6 Å². The lowest BCUT2D eigenvalue weighted by atomic mass is 9.71. The molecule has 0 aliphatic heterocycles. The fourth-order valence-corrected chi connectivity index (χ4v) is 2.34. The first-order chi connectivity index (χ1) is 4.96. The smallest absolute Gasteiger partial charge is 0.0102 e. The molecule has 74 valence electrons. The molecule has 1 atom stereocenters. The fraction of sp³-hybridized carbons (Fsp3) is 1.00. The van der Waals surface area contributed by atoms with Gasteiger partial charge in [0.25, 0.3) is 0 Å². The van der Waals surface area contributed by atoms with Gasteiger partial charge < -0.3 is 0 Å². The molecule has 1 rings (SSSR count). The first kappa shape index (κ1) is 12.7. The van der Waals surface area contributed by atoms with E-state index in [-0.39, 0.29) is 12.4 Å². The van der Waals surface area contributed by atoms with E-state index in [9.17, 15) is 0 Å². The molecule has 1 saturated carbocycles. The molecule has 0 radical (unpaired) electrons. The largest absolute Gasteiger partial charge is 0.147 e. The maximum Gasteiger partial charge on any atom is -0.0102 e. The lowest BCUT2D eigenvalue weighted by Crippen LogP contribution is -2.38. The maximum absolute atomic E-state index is 3.11. The van der Waals surface area contributed by atoms with Crippen LogP contribution in [-0.2, 0) is 0 Å². The van der Waals surface area contributed by atoms with Crippen LogP contribution >= 0.6 is 21.6 Å². The van der Waals surface area contributed by atoms with E-state index in [1.165, 1.54) is 32.1 Å². The van der Waals surface area contributed by atoms with Crippen molar-refractivity contribution in [2.24, 2.45) is 5.41 Å². The van der Waals surface area contributed by atoms with Gasteiger partial charge in [0.2, 0.25) is 0 Å². The van der Waals surface area contributed by atoms with Crippen molar-refractivity contribution in [1.29, 1.82) is 0 Å². The Balaban J connectivity index is 0.00000121. The summed E-state index contributed by atoms with van der Waals surface area (Å²) < 4.78 is 0. The van der Waals surface area contributed by atoms with Gasteiger partial charge in [-0.1, -0.05) is 40.0 Å². The summed E-state index contributed by atoms with van der Waals surface area (Å²) in [6.07, 6.45) is 7.12. The van der Waals surface area contributed by atoms with Gasteiger partial charge in [-0.05, 0) is 23.4 Å². The highest BCUT2D eigenvalue weighted by Crippen LogP contribution is 2.48. The lowest BCUT2D eigenvalue weighted by Gasteiger charge is -2.44. The molecule has 0 aromatic carbocycles. The van der Waals surface area contributed by atoms with Crippen molar-refractivity contribution in [1.82, 2.24) is 0 Å². The van der Waals surface area contributed by atoms with Gasteiger partial charge in [-0.25, -0.2) is 0 Å². The molecule has 0 bridgehead atoms. The fourth-order valence-electron chi connectivity index (χ4n) is 1.93. The molecular weight excluding hydrogens is 187 g/mol. The molecule has 1 fully saturated rings. The molecule has 0 amide bonds. The molecule has 0 saturated heterocycles. The molecule has 0 spiro atoms. The van der Waals surface area contributed by atoms with Crippen molar-refractivity contribution in [3.05, 3.63) is 0 Å². The highest BCUT2D eigenvalue weighted by Gasteiger charge is 2.37. The number of hydrogen-bond donors (Lipinski definition) is 0. The minimum absolute atomic E-state index is 0. The molecule has 0 N–H and O–H groups in total. The van der Waals surface area contributed by atoms with Crippen LogP contribution in [0, 0.1) is 5.41 Å². The first-order valence-corrected chi connectivity index (χ1v) is 5.32. The summed E-state index contributed by atoms with van der Waals surface area (Å²) >= 11 is 0. The summed E-state index contributed by atoms with van der Waals surface area (Å²) in [7, 11) is 3.11. The van der Waals surface area contributed by atoms with E-state index in [1.54, 1.807) is 0 Å². The van der Waals surface area contributed by atoms with Gasteiger partial charge in [0, 0.05) is 0 Å². The Hall–Kier alpha value is 0.720. The Bertz CT molecular complexity index is 131. The zero-order valence-corrected chi connectivity index (χ0v) is 10.5. The maximum atomic E-state index is 3.11. The molecule has 0 heterocycles. The highest BCUT2D eigenvalue weighted by atomic mass is 35.5. The summed E-state index contributed by atoms with van der Waals surface area (Å²) in [6.45, 7) is 7.10. The van der Waals surface area contributed by atoms with Crippen molar-refractivity contribution in [2.45, 2.75) is 58.0 Å². The molecule has 0 aromatic heterocycles. The van der Waals surface area contributed by atoms with Crippen molar-refractivity contribution in [2.75, 3.05) is 0 Å². The quantitative estimate of drug-likeness (QED) is 0.528. The summed E-state index contributed by atoms with van der Waals surface area (Å²) in [5, 5.41) is 0.533. The molecule has 2 heteroatoms. The molecule has 12 heavy (non-hydrogen) atoms. The van der Waals surface area contributed by atoms with E-state index in [4.69, 9.17) is 0 Å². The topological polar surface area (TPSA) is 0 Å². The summed E-state index contributed by atoms with van der Waals surface area (Å²) in [6, 6.07) is 0. The Morgan fingerprint density at radius 3 is 1.67 bits per heavy atom. The third kappa shape index (κ3) is 2.60. The SMILES string of the molecule is CC(C)(C)C1(P)CCCCC1.Cl. The Morgan fingerprint density at radius 2 is 1.42 bits per heavy atom. The van der Waals surface area contributed by atoms with Gasteiger partial charge in [-0.2, -0.15) is 0 Å². The van der Waals surface area contributed by atoms with Crippen LogP contribution in [0.4, 0.5) is 0 Å². The van der Waals surface area contributed by atoms with E-state index >= 15 is 0 Å². The molecule has 0 aromatic rings. The predicted octanol–water partition coefficient (Wildman–Crippen LogP) is 4.03. The number of halogens is 1. The second-order valence-corrected chi connectivity index (χ2v) is 6.07. The third-order valence-electron chi connectivity index (χ3n) is 3.24. The molecule has 1 aliphatic carbocycles. The average molecular weight is 209 g/mol. The minimum atomic E-state index is 0. The standard InChI is InChI=1S/C10H21P.ClH/c1-9(2,3)10(11)7-5-4-6-8-10;/h4-8,11H2,1-3H3;1H. The Kier molecular flexibility index (Phi) is 4.55. The van der Waals surface area contributed by atoms with E-state index in [1.807, 2.05) is 0 Å². The number of rotatable bonds is 0. The lowest BCUT2D eigenvalue weighted by molar-refractivity contribution is 0.216. The van der Waals surface area contributed by atoms with Crippen LogP contribution in [0.2, 0.25) is 0 Å². The summed E-state index contributed by atoms with van der Waals surface area (Å²) in [4.78, 5) is 0. The Morgan fingerprint density at radius 1 is 1.00 bits per heavy atom. The summed E-state index contributed by atoms with van der Waals surface area (Å²) in [5.41, 5.74) is 0.470. The van der Waals surface area contributed by atoms with Crippen LogP contribution in [0.1, 0.15) is 52.9 Å². The van der Waals surface area contributed by atoms with Crippen LogP contribution in [-0.4, -0.2) is 5.16 Å². The van der Waals surface area contributed by atoms with Crippen molar-refractivity contribution in [3.8, 4) is 0 Å². The van der Waals surface area contributed by atoms with E-state index in [0.29, 0.717) is 10.6 Å².